The van der Waals surface area contributed by atoms with Crippen LogP contribution in [0.5, 0.6) is 0 Å². The van der Waals surface area contributed by atoms with Gasteiger partial charge in [0.05, 0.1) is 18.8 Å². The van der Waals surface area contributed by atoms with Gasteiger partial charge in [0.15, 0.2) is 11.4 Å². The normalized spacial score (nSPS) is 23.8. The number of thioether (sulfide) groups is 1. The van der Waals surface area contributed by atoms with E-state index in [2.05, 4.69) is 22.2 Å². The van der Waals surface area contributed by atoms with Crippen molar-refractivity contribution in [1.82, 2.24) is 20.2 Å². The van der Waals surface area contributed by atoms with Gasteiger partial charge in [-0.05, 0) is 35.6 Å². The van der Waals surface area contributed by atoms with Crippen LogP contribution in [0.4, 0.5) is 13.2 Å². The molecule has 3 aromatic rings. The number of rotatable bonds is 9. The van der Waals surface area contributed by atoms with Gasteiger partial charge in [-0.25, -0.2) is 9.97 Å². The third-order valence-corrected chi connectivity index (χ3v) is 8.78. The van der Waals surface area contributed by atoms with Gasteiger partial charge in [-0.2, -0.15) is 13.2 Å². The molecule has 44 heavy (non-hydrogen) atoms. The fourth-order valence-corrected chi connectivity index (χ4v) is 6.34. The zero-order valence-electron chi connectivity index (χ0n) is 23.9. The smallest absolute Gasteiger partial charge is 0.392 e. The lowest BCUT2D eigenvalue weighted by Gasteiger charge is -2.41. The number of aliphatic hydroxyl groups is 1. The summed E-state index contributed by atoms with van der Waals surface area (Å²) in [7, 11) is 0. The molecule has 0 spiro atoms. The molecule has 5 rings (SSSR count). The van der Waals surface area contributed by atoms with Gasteiger partial charge in [-0.1, -0.05) is 67.2 Å². The number of nitrogens with zero attached hydrogens (tertiary/aromatic N) is 3. The second-order valence-electron chi connectivity index (χ2n) is 10.8. The molecule has 0 aliphatic carbocycles. The molecule has 2 aromatic carbocycles. The Morgan fingerprint density at radius 2 is 1.68 bits per heavy atom. The highest BCUT2D eigenvalue weighted by Gasteiger charge is 2.47. The van der Waals surface area contributed by atoms with Crippen molar-refractivity contribution in [2.45, 2.75) is 68.8 Å². The number of hydrogen-bond donors (Lipinski definition) is 2. The lowest BCUT2D eigenvalue weighted by atomic mass is 9.91. The standard InChI is InChI=1S/C31H33F3N4O5S/c1-19-25(18-44-30-35-13-3-14-36-30)42-28(43-26(19)22-9-7-21(17-39)8-10-22)23-11-5-20(6-12-23)16-37-27(40)24-4-2-15-38(24)29(41)31(32,33)34/h3,5-14,19,24-26,28,39H,2,4,15-18H2,1H3,(H,37,40)/t19-,24+,25+,26+,28+/m1/s1. The van der Waals surface area contributed by atoms with Crippen molar-refractivity contribution in [3.63, 3.8) is 0 Å². The van der Waals surface area contributed by atoms with Gasteiger partial charge in [0.1, 0.15) is 6.04 Å². The maximum Gasteiger partial charge on any atom is 0.471 e. The molecule has 0 unspecified atom stereocenters. The third kappa shape index (κ3) is 7.57. The van der Waals surface area contributed by atoms with Crippen LogP contribution in [-0.2, 0) is 32.2 Å². The van der Waals surface area contributed by atoms with Gasteiger partial charge < -0.3 is 24.8 Å². The molecule has 9 nitrogen and oxygen atoms in total. The predicted molar refractivity (Wildman–Crippen MR) is 155 cm³/mol. The van der Waals surface area contributed by atoms with Crippen molar-refractivity contribution in [3.8, 4) is 0 Å². The van der Waals surface area contributed by atoms with Crippen molar-refractivity contribution >= 4 is 23.6 Å². The summed E-state index contributed by atoms with van der Waals surface area (Å²) in [6, 6.07) is 15.5. The van der Waals surface area contributed by atoms with Crippen molar-refractivity contribution in [2.75, 3.05) is 12.3 Å². The van der Waals surface area contributed by atoms with Crippen LogP contribution in [0, 0.1) is 5.92 Å². The monoisotopic (exact) mass is 630 g/mol. The highest BCUT2D eigenvalue weighted by molar-refractivity contribution is 7.99. The Balaban J connectivity index is 1.26. The maximum absolute atomic E-state index is 12.9. The average molecular weight is 631 g/mol. The second-order valence-corrected chi connectivity index (χ2v) is 11.8. The van der Waals surface area contributed by atoms with E-state index in [1.54, 1.807) is 30.6 Å². The van der Waals surface area contributed by atoms with Crippen LogP contribution in [-0.4, -0.2) is 62.4 Å². The van der Waals surface area contributed by atoms with E-state index in [-0.39, 0.29) is 44.2 Å². The number of carbonyl (C=O) groups is 2. The van der Waals surface area contributed by atoms with E-state index in [1.165, 1.54) is 11.8 Å². The first-order chi connectivity index (χ1) is 21.1. The number of aliphatic hydroxyl groups excluding tert-OH is 1. The largest absolute Gasteiger partial charge is 0.471 e. The summed E-state index contributed by atoms with van der Waals surface area (Å²) >= 11 is 1.49. The van der Waals surface area contributed by atoms with Gasteiger partial charge in [0, 0.05) is 42.7 Å². The number of alkyl halides is 3. The number of likely N-dealkylation sites (tertiary alicyclic amines) is 1. The second kappa shape index (κ2) is 14.1. The zero-order valence-corrected chi connectivity index (χ0v) is 24.8. The zero-order chi connectivity index (χ0) is 31.3. The maximum atomic E-state index is 12.9. The van der Waals surface area contributed by atoms with E-state index < -0.39 is 30.3 Å². The highest BCUT2D eigenvalue weighted by Crippen LogP contribution is 2.42. The Morgan fingerprint density at radius 1 is 1.02 bits per heavy atom. The predicted octanol–water partition coefficient (Wildman–Crippen LogP) is 4.72. The van der Waals surface area contributed by atoms with E-state index in [0.717, 1.165) is 22.3 Å². The third-order valence-electron chi connectivity index (χ3n) is 7.82. The Hall–Kier alpha value is -3.52. The number of nitrogens with one attached hydrogen (secondary N) is 1. The fourth-order valence-electron chi connectivity index (χ4n) is 5.37. The number of halogens is 3. The topological polar surface area (TPSA) is 114 Å². The number of carbonyl (C=O) groups excluding carboxylic acids is 2. The highest BCUT2D eigenvalue weighted by atomic mass is 32.2. The first-order valence-corrected chi connectivity index (χ1v) is 15.3. The Kier molecular flexibility index (Phi) is 10.2. The molecule has 0 radical (unpaired) electrons. The van der Waals surface area contributed by atoms with Crippen LogP contribution in [0.15, 0.2) is 72.1 Å². The van der Waals surface area contributed by atoms with Crippen LogP contribution in [0.1, 0.15) is 54.4 Å². The summed E-state index contributed by atoms with van der Waals surface area (Å²) in [6.45, 7) is 2.00. The number of hydrogen-bond acceptors (Lipinski definition) is 8. The van der Waals surface area contributed by atoms with Gasteiger partial charge in [-0.3, -0.25) is 9.59 Å². The fraction of sp³-hybridized carbons (Fsp3) is 0.419. The van der Waals surface area contributed by atoms with Crippen LogP contribution >= 0.6 is 11.8 Å². The van der Waals surface area contributed by atoms with E-state index in [0.29, 0.717) is 22.2 Å². The molecular weight excluding hydrogens is 597 g/mol. The number of benzene rings is 2. The molecule has 2 saturated heterocycles. The van der Waals surface area contributed by atoms with E-state index in [4.69, 9.17) is 9.47 Å². The number of aromatic nitrogens is 2. The molecule has 2 aliphatic heterocycles. The van der Waals surface area contributed by atoms with Crippen LogP contribution in [0.2, 0.25) is 0 Å². The summed E-state index contributed by atoms with van der Waals surface area (Å²) in [5.41, 5.74) is 3.24. The van der Waals surface area contributed by atoms with Crippen molar-refractivity contribution in [1.29, 1.82) is 0 Å². The van der Waals surface area contributed by atoms with E-state index >= 15 is 0 Å². The first kappa shape index (κ1) is 31.9. The van der Waals surface area contributed by atoms with Crippen molar-refractivity contribution in [3.05, 3.63) is 89.2 Å². The molecule has 2 amide bonds. The number of amides is 2. The van der Waals surface area contributed by atoms with Gasteiger partial charge in [-0.15, -0.1) is 0 Å². The molecule has 5 atom stereocenters. The lowest BCUT2D eigenvalue weighted by molar-refractivity contribution is -0.268. The first-order valence-electron chi connectivity index (χ1n) is 14.3. The van der Waals surface area contributed by atoms with Crippen LogP contribution in [0.25, 0.3) is 0 Å². The Morgan fingerprint density at radius 3 is 2.34 bits per heavy atom. The van der Waals surface area contributed by atoms with Gasteiger partial charge in [0.2, 0.25) is 5.91 Å². The summed E-state index contributed by atoms with van der Waals surface area (Å²) in [6.07, 6.45) is -2.33. The number of ether oxygens (including phenoxy) is 2. The van der Waals surface area contributed by atoms with E-state index in [1.807, 2.05) is 36.4 Å². The molecule has 0 bridgehead atoms. The molecule has 1 aromatic heterocycles. The summed E-state index contributed by atoms with van der Waals surface area (Å²) in [5.74, 6) is -2.03. The molecule has 2 fully saturated rings. The summed E-state index contributed by atoms with van der Waals surface area (Å²) in [5, 5.41) is 12.8. The lowest BCUT2D eigenvalue weighted by Crippen LogP contribution is -2.50. The molecule has 2 aliphatic rings. The SMILES string of the molecule is C[C@@H]1[C@H](CSc2ncccn2)O[C@H](c2ccc(CNC(=O)[C@@H]3CCCN3C(=O)C(F)(F)F)cc2)O[C@@H]1c1ccc(CO)cc1. The Bertz CT molecular complexity index is 1410. The minimum atomic E-state index is -5.02. The molecule has 2 N–H and O–H groups in total. The van der Waals surface area contributed by atoms with E-state index in [9.17, 15) is 27.9 Å². The van der Waals surface area contributed by atoms with Crippen LogP contribution in [0.3, 0.4) is 0 Å². The molecule has 13 heteroatoms. The van der Waals surface area contributed by atoms with Crippen molar-refractivity contribution < 1.29 is 37.3 Å². The summed E-state index contributed by atoms with van der Waals surface area (Å²) in [4.78, 5) is 33.6. The quantitative estimate of drug-likeness (QED) is 0.258. The molecule has 234 valence electrons. The minimum absolute atomic E-state index is 0.0173. The minimum Gasteiger partial charge on any atom is -0.392 e. The summed E-state index contributed by atoms with van der Waals surface area (Å²) < 4.78 is 51.7. The molecular formula is C31H33F3N4O5S. The average Bonchev–Trinajstić information content (AvgIpc) is 3.53. The van der Waals surface area contributed by atoms with Gasteiger partial charge >= 0.3 is 12.1 Å². The Labute approximate surface area is 257 Å². The van der Waals surface area contributed by atoms with Crippen molar-refractivity contribution in [2.24, 2.45) is 5.92 Å². The van der Waals surface area contributed by atoms with Crippen LogP contribution < -0.4 is 5.32 Å². The molecule has 3 heterocycles. The molecule has 0 saturated carbocycles. The van der Waals surface area contributed by atoms with Gasteiger partial charge in [0.25, 0.3) is 0 Å².